The molecule has 24 heavy (non-hydrogen) atoms. The fraction of sp³-hybridized carbons (Fsp3) is 0.353. The molecule has 128 valence electrons. The summed E-state index contributed by atoms with van der Waals surface area (Å²) in [6.45, 7) is 6.38. The molecule has 0 aliphatic heterocycles. The molecule has 1 heterocycles. The van der Waals surface area contributed by atoms with Gasteiger partial charge < -0.3 is 10.6 Å². The quantitative estimate of drug-likeness (QED) is 0.839. The lowest BCUT2D eigenvalue weighted by atomic mass is 10.1. The summed E-state index contributed by atoms with van der Waals surface area (Å²) in [5, 5.41) is 7.22. The van der Waals surface area contributed by atoms with E-state index in [0.717, 1.165) is 5.56 Å². The molecule has 0 aliphatic carbocycles. The largest absolute Gasteiger partial charge is 0.354 e. The Bertz CT molecular complexity index is 712. The Balaban J connectivity index is 1.89. The number of carbonyl (C=O) groups excluding carboxylic acids is 1. The van der Waals surface area contributed by atoms with Crippen molar-refractivity contribution in [2.45, 2.75) is 32.7 Å². The highest BCUT2D eigenvalue weighted by molar-refractivity contribution is 6.35. The first-order chi connectivity index (χ1) is 11.2. The highest BCUT2D eigenvalue weighted by atomic mass is 35.5. The Labute approximate surface area is 151 Å². The summed E-state index contributed by atoms with van der Waals surface area (Å²) in [4.78, 5) is 20.3. The molecule has 1 aromatic carbocycles. The highest BCUT2D eigenvalue weighted by Crippen LogP contribution is 2.21. The van der Waals surface area contributed by atoms with Crippen LogP contribution < -0.4 is 10.6 Å². The lowest BCUT2D eigenvalue weighted by molar-refractivity contribution is 0.0919. The Hall–Kier alpha value is -1.85. The molecule has 0 aliphatic rings. The van der Waals surface area contributed by atoms with Gasteiger partial charge in [0.2, 0.25) is 5.95 Å². The van der Waals surface area contributed by atoms with E-state index in [2.05, 4.69) is 20.6 Å². The number of carbonyl (C=O) groups is 1. The van der Waals surface area contributed by atoms with Crippen molar-refractivity contribution in [3.05, 3.63) is 51.8 Å². The van der Waals surface area contributed by atoms with Gasteiger partial charge in [0.15, 0.2) is 0 Å². The summed E-state index contributed by atoms with van der Waals surface area (Å²) in [6.07, 6.45) is 3.73. The third kappa shape index (κ3) is 5.65. The molecule has 1 aromatic heterocycles. The van der Waals surface area contributed by atoms with E-state index in [1.165, 1.54) is 12.4 Å². The number of benzene rings is 1. The van der Waals surface area contributed by atoms with Gasteiger partial charge in [-0.15, -0.1) is 0 Å². The van der Waals surface area contributed by atoms with E-state index in [1.54, 1.807) is 6.07 Å². The predicted molar refractivity (Wildman–Crippen MR) is 97.9 cm³/mol. The number of aromatic nitrogens is 2. The van der Waals surface area contributed by atoms with Crippen molar-refractivity contribution < 1.29 is 4.79 Å². The summed E-state index contributed by atoms with van der Waals surface area (Å²) in [6, 6.07) is 5.42. The summed E-state index contributed by atoms with van der Waals surface area (Å²) >= 11 is 12.0. The van der Waals surface area contributed by atoms with Crippen LogP contribution in [0.5, 0.6) is 0 Å². The van der Waals surface area contributed by atoms with Gasteiger partial charge in [0.1, 0.15) is 0 Å². The molecule has 1 amide bonds. The molecular formula is C17H20Cl2N4O. The van der Waals surface area contributed by atoms with Crippen molar-refractivity contribution in [2.24, 2.45) is 0 Å². The van der Waals surface area contributed by atoms with Gasteiger partial charge in [0.25, 0.3) is 5.91 Å². The van der Waals surface area contributed by atoms with E-state index in [1.807, 2.05) is 32.9 Å². The van der Waals surface area contributed by atoms with Crippen molar-refractivity contribution in [1.29, 1.82) is 0 Å². The van der Waals surface area contributed by atoms with Gasteiger partial charge in [-0.1, -0.05) is 29.3 Å². The number of rotatable bonds is 5. The molecule has 0 saturated carbocycles. The molecule has 0 bridgehead atoms. The minimum absolute atomic E-state index is 0.193. The molecular weight excluding hydrogens is 347 g/mol. The molecule has 5 nitrogen and oxygen atoms in total. The normalized spacial score (nSPS) is 11.2. The van der Waals surface area contributed by atoms with Crippen LogP contribution in [0.3, 0.4) is 0 Å². The zero-order chi connectivity index (χ0) is 17.7. The summed E-state index contributed by atoms with van der Waals surface area (Å²) < 4.78 is 0. The molecule has 0 unspecified atom stereocenters. The number of anilines is 1. The summed E-state index contributed by atoms with van der Waals surface area (Å²) in [5.41, 5.74) is 1.12. The van der Waals surface area contributed by atoms with Crippen molar-refractivity contribution in [3.8, 4) is 0 Å². The Kier molecular flexibility index (Phi) is 6.02. The molecule has 0 radical (unpaired) electrons. The fourth-order valence-electron chi connectivity index (χ4n) is 1.98. The van der Waals surface area contributed by atoms with Crippen LogP contribution in [0, 0.1) is 0 Å². The lowest BCUT2D eigenvalue weighted by Crippen LogP contribution is -2.40. The van der Waals surface area contributed by atoms with E-state index in [9.17, 15) is 4.79 Å². The average Bonchev–Trinajstić information content (AvgIpc) is 2.48. The van der Waals surface area contributed by atoms with Crippen LogP contribution in [0.15, 0.2) is 30.6 Å². The topological polar surface area (TPSA) is 66.9 Å². The Morgan fingerprint density at radius 1 is 1.17 bits per heavy atom. The Morgan fingerprint density at radius 2 is 1.83 bits per heavy atom. The molecule has 0 fully saturated rings. The number of nitrogens with one attached hydrogen (secondary N) is 2. The Morgan fingerprint density at radius 3 is 2.42 bits per heavy atom. The van der Waals surface area contributed by atoms with E-state index in [0.29, 0.717) is 34.5 Å². The zero-order valence-corrected chi connectivity index (χ0v) is 15.4. The van der Waals surface area contributed by atoms with Gasteiger partial charge in [-0.05, 0) is 44.9 Å². The maximum atomic E-state index is 12.0. The van der Waals surface area contributed by atoms with Gasteiger partial charge in [-0.3, -0.25) is 4.79 Å². The van der Waals surface area contributed by atoms with Crippen molar-refractivity contribution in [2.75, 3.05) is 11.9 Å². The van der Waals surface area contributed by atoms with Crippen LogP contribution in [0.2, 0.25) is 10.0 Å². The SMILES string of the molecule is CC(C)(C)NC(=O)c1cnc(NCCc2ccc(Cl)cc2Cl)nc1. The number of nitrogens with zero attached hydrogens (tertiary/aromatic N) is 2. The van der Waals surface area contributed by atoms with Gasteiger partial charge in [0.05, 0.1) is 5.56 Å². The smallest absolute Gasteiger partial charge is 0.254 e. The third-order valence-electron chi connectivity index (χ3n) is 3.10. The zero-order valence-electron chi connectivity index (χ0n) is 13.9. The second-order valence-corrected chi connectivity index (χ2v) is 7.26. The number of hydrogen-bond donors (Lipinski definition) is 2. The summed E-state index contributed by atoms with van der Waals surface area (Å²) in [5.74, 6) is 0.273. The first-order valence-electron chi connectivity index (χ1n) is 7.57. The standard InChI is InChI=1S/C17H20Cl2N4O/c1-17(2,3)23-15(24)12-9-21-16(22-10-12)20-7-6-11-4-5-13(18)8-14(11)19/h4-5,8-10H,6-7H2,1-3H3,(H,23,24)(H,20,21,22). The monoisotopic (exact) mass is 366 g/mol. The molecule has 2 rings (SSSR count). The molecule has 2 N–H and O–H groups in total. The fourth-order valence-corrected chi connectivity index (χ4v) is 2.49. The maximum absolute atomic E-state index is 12.0. The number of hydrogen-bond acceptors (Lipinski definition) is 4. The molecule has 2 aromatic rings. The third-order valence-corrected chi connectivity index (χ3v) is 3.68. The van der Waals surface area contributed by atoms with Crippen LogP contribution in [-0.2, 0) is 6.42 Å². The predicted octanol–water partition coefficient (Wildman–Crippen LogP) is 3.97. The van der Waals surface area contributed by atoms with Gasteiger partial charge in [-0.25, -0.2) is 9.97 Å². The van der Waals surface area contributed by atoms with Crippen LogP contribution in [0.4, 0.5) is 5.95 Å². The lowest BCUT2D eigenvalue weighted by Gasteiger charge is -2.20. The van der Waals surface area contributed by atoms with Gasteiger partial charge >= 0.3 is 0 Å². The average molecular weight is 367 g/mol. The number of halogens is 2. The number of amides is 1. The van der Waals surface area contributed by atoms with Crippen LogP contribution in [0.25, 0.3) is 0 Å². The van der Waals surface area contributed by atoms with Crippen molar-refractivity contribution in [1.82, 2.24) is 15.3 Å². The molecule has 0 saturated heterocycles. The second kappa shape index (κ2) is 7.81. The van der Waals surface area contributed by atoms with Gasteiger partial charge in [0, 0.05) is 34.5 Å². The summed E-state index contributed by atoms with van der Waals surface area (Å²) in [7, 11) is 0. The molecule has 0 spiro atoms. The van der Waals surface area contributed by atoms with E-state index in [4.69, 9.17) is 23.2 Å². The first kappa shape index (κ1) is 18.5. The van der Waals surface area contributed by atoms with Crippen molar-refractivity contribution >= 4 is 35.1 Å². The maximum Gasteiger partial charge on any atom is 0.254 e. The van der Waals surface area contributed by atoms with Gasteiger partial charge in [-0.2, -0.15) is 0 Å². The van der Waals surface area contributed by atoms with Crippen LogP contribution in [-0.4, -0.2) is 28.0 Å². The molecule has 7 heteroatoms. The minimum Gasteiger partial charge on any atom is -0.354 e. The highest BCUT2D eigenvalue weighted by Gasteiger charge is 2.15. The van der Waals surface area contributed by atoms with Crippen LogP contribution >= 0.6 is 23.2 Å². The second-order valence-electron chi connectivity index (χ2n) is 6.41. The first-order valence-corrected chi connectivity index (χ1v) is 8.32. The van der Waals surface area contributed by atoms with Crippen LogP contribution in [0.1, 0.15) is 36.7 Å². The minimum atomic E-state index is -0.300. The van der Waals surface area contributed by atoms with Crippen molar-refractivity contribution in [3.63, 3.8) is 0 Å². The molecule has 0 atom stereocenters. The van der Waals surface area contributed by atoms with E-state index >= 15 is 0 Å². The van der Waals surface area contributed by atoms with E-state index in [-0.39, 0.29) is 11.4 Å². The van der Waals surface area contributed by atoms with E-state index < -0.39 is 0 Å².